The summed E-state index contributed by atoms with van der Waals surface area (Å²) >= 11 is 0. The van der Waals surface area contributed by atoms with Crippen LogP contribution < -0.4 is 20.3 Å². The maximum atomic E-state index is 12.2. The lowest BCUT2D eigenvalue weighted by molar-refractivity contribution is 0.123. The van der Waals surface area contributed by atoms with Crippen LogP contribution >= 0.6 is 0 Å². The molecule has 0 atom stereocenters. The number of nitrogens with one attached hydrogen (secondary N) is 2. The van der Waals surface area contributed by atoms with Crippen molar-refractivity contribution >= 4 is 17.4 Å². The normalized spacial score (nSPS) is 13.9. The summed E-state index contributed by atoms with van der Waals surface area (Å²) in [5, 5.41) is 5.84. The molecular formula is C21H27N3O3. The molecule has 1 aliphatic heterocycles. The molecule has 6 nitrogen and oxygen atoms in total. The van der Waals surface area contributed by atoms with E-state index < -0.39 is 0 Å². The Hall–Kier alpha value is -2.73. The fourth-order valence-corrected chi connectivity index (χ4v) is 3.00. The van der Waals surface area contributed by atoms with E-state index in [2.05, 4.69) is 15.5 Å². The maximum absolute atomic E-state index is 12.2. The zero-order chi connectivity index (χ0) is 18.9. The molecule has 27 heavy (non-hydrogen) atoms. The number of carbonyl (C=O) groups excluding carboxylic acids is 1. The summed E-state index contributed by atoms with van der Waals surface area (Å²) in [4.78, 5) is 14.5. The first-order valence-corrected chi connectivity index (χ1v) is 9.39. The Labute approximate surface area is 160 Å². The second kappa shape index (κ2) is 9.83. The van der Waals surface area contributed by atoms with Crippen molar-refractivity contribution in [3.8, 4) is 5.75 Å². The second-order valence-electron chi connectivity index (χ2n) is 6.46. The van der Waals surface area contributed by atoms with Gasteiger partial charge in [-0.05, 0) is 37.1 Å². The molecule has 1 aliphatic rings. The van der Waals surface area contributed by atoms with Crippen molar-refractivity contribution in [2.24, 2.45) is 0 Å². The number of nitrogens with zero attached hydrogens (tertiary/aromatic N) is 1. The number of anilines is 2. The van der Waals surface area contributed by atoms with Gasteiger partial charge in [0, 0.05) is 19.6 Å². The van der Waals surface area contributed by atoms with Crippen LogP contribution in [0.5, 0.6) is 5.75 Å². The molecular weight excluding hydrogens is 342 g/mol. The summed E-state index contributed by atoms with van der Waals surface area (Å²) in [7, 11) is 0. The number of amides is 2. The molecule has 0 unspecified atom stereocenters. The third kappa shape index (κ3) is 5.62. The van der Waals surface area contributed by atoms with Crippen LogP contribution in [0.4, 0.5) is 16.2 Å². The van der Waals surface area contributed by atoms with Gasteiger partial charge in [0.15, 0.2) is 0 Å². The van der Waals surface area contributed by atoms with Gasteiger partial charge in [-0.15, -0.1) is 0 Å². The smallest absolute Gasteiger partial charge is 0.319 e. The van der Waals surface area contributed by atoms with Crippen molar-refractivity contribution in [2.45, 2.75) is 13.3 Å². The van der Waals surface area contributed by atoms with Gasteiger partial charge in [0.05, 0.1) is 31.2 Å². The fraction of sp³-hybridized carbons (Fsp3) is 0.381. The molecule has 2 amide bonds. The van der Waals surface area contributed by atoms with Crippen molar-refractivity contribution in [3.63, 3.8) is 0 Å². The zero-order valence-corrected chi connectivity index (χ0v) is 15.7. The predicted molar refractivity (Wildman–Crippen MR) is 108 cm³/mol. The second-order valence-corrected chi connectivity index (χ2v) is 6.46. The molecule has 0 radical (unpaired) electrons. The number of carbonyl (C=O) groups is 1. The molecule has 1 saturated heterocycles. The van der Waals surface area contributed by atoms with Crippen molar-refractivity contribution < 1.29 is 14.3 Å². The van der Waals surface area contributed by atoms with Gasteiger partial charge in [-0.2, -0.15) is 0 Å². The van der Waals surface area contributed by atoms with Crippen LogP contribution in [0.15, 0.2) is 48.5 Å². The van der Waals surface area contributed by atoms with E-state index in [-0.39, 0.29) is 6.03 Å². The molecule has 0 saturated carbocycles. The van der Waals surface area contributed by atoms with Crippen LogP contribution in [-0.4, -0.2) is 45.5 Å². The third-order valence-corrected chi connectivity index (χ3v) is 4.46. The van der Waals surface area contributed by atoms with Gasteiger partial charge >= 0.3 is 6.03 Å². The third-order valence-electron chi connectivity index (χ3n) is 4.46. The van der Waals surface area contributed by atoms with Crippen LogP contribution in [0.25, 0.3) is 0 Å². The average Bonchev–Trinajstić information content (AvgIpc) is 2.70. The van der Waals surface area contributed by atoms with Gasteiger partial charge in [-0.1, -0.05) is 30.3 Å². The Morgan fingerprint density at radius 2 is 1.85 bits per heavy atom. The molecule has 0 aliphatic carbocycles. The number of aryl methyl sites for hydroxylation is 1. The van der Waals surface area contributed by atoms with Crippen molar-refractivity contribution in [3.05, 3.63) is 54.1 Å². The van der Waals surface area contributed by atoms with E-state index in [1.807, 2.05) is 55.5 Å². The summed E-state index contributed by atoms with van der Waals surface area (Å²) in [6, 6.07) is 15.6. The molecule has 1 fully saturated rings. The minimum absolute atomic E-state index is 0.202. The van der Waals surface area contributed by atoms with Crippen LogP contribution in [0.1, 0.15) is 12.0 Å². The van der Waals surface area contributed by atoms with Crippen molar-refractivity contribution in [2.75, 3.05) is 49.7 Å². The number of rotatable bonds is 7. The molecule has 0 spiro atoms. The molecule has 2 aromatic carbocycles. The Kier molecular flexibility index (Phi) is 6.93. The quantitative estimate of drug-likeness (QED) is 0.734. The maximum Gasteiger partial charge on any atom is 0.319 e. The Morgan fingerprint density at radius 3 is 2.67 bits per heavy atom. The van der Waals surface area contributed by atoms with Crippen LogP contribution in [-0.2, 0) is 4.74 Å². The molecule has 2 aromatic rings. The van der Waals surface area contributed by atoms with Crippen molar-refractivity contribution in [1.29, 1.82) is 0 Å². The van der Waals surface area contributed by atoms with Crippen LogP contribution in [0, 0.1) is 6.92 Å². The first-order valence-electron chi connectivity index (χ1n) is 9.39. The Balaban J connectivity index is 1.42. The van der Waals surface area contributed by atoms with Crippen LogP contribution in [0.3, 0.4) is 0 Å². The highest BCUT2D eigenvalue weighted by Gasteiger charge is 2.15. The number of morpholine rings is 1. The number of benzene rings is 2. The number of para-hydroxylation sites is 3. The Bertz CT molecular complexity index is 745. The summed E-state index contributed by atoms with van der Waals surface area (Å²) < 4.78 is 11.1. The molecule has 3 rings (SSSR count). The molecule has 6 heteroatoms. The lowest BCUT2D eigenvalue weighted by Crippen LogP contribution is -2.37. The monoisotopic (exact) mass is 369 g/mol. The van der Waals surface area contributed by atoms with E-state index in [9.17, 15) is 4.79 Å². The van der Waals surface area contributed by atoms with E-state index >= 15 is 0 Å². The average molecular weight is 369 g/mol. The lowest BCUT2D eigenvalue weighted by atomic mass is 10.2. The van der Waals surface area contributed by atoms with E-state index in [1.165, 1.54) is 0 Å². The number of urea groups is 1. The van der Waals surface area contributed by atoms with Gasteiger partial charge in [-0.3, -0.25) is 0 Å². The van der Waals surface area contributed by atoms with Gasteiger partial charge in [0.25, 0.3) is 0 Å². The van der Waals surface area contributed by atoms with Gasteiger partial charge < -0.3 is 25.0 Å². The molecule has 1 heterocycles. The molecule has 0 bridgehead atoms. The van der Waals surface area contributed by atoms with E-state index in [0.29, 0.717) is 26.4 Å². The van der Waals surface area contributed by atoms with Gasteiger partial charge in [-0.25, -0.2) is 4.79 Å². The lowest BCUT2D eigenvalue weighted by Gasteiger charge is -2.30. The summed E-state index contributed by atoms with van der Waals surface area (Å²) in [5.74, 6) is 0.890. The minimum atomic E-state index is -0.202. The summed E-state index contributed by atoms with van der Waals surface area (Å²) in [6.07, 6.45) is 0.743. The summed E-state index contributed by atoms with van der Waals surface area (Å²) in [6.45, 7) is 6.22. The Morgan fingerprint density at radius 1 is 1.11 bits per heavy atom. The first kappa shape index (κ1) is 19.0. The first-order chi connectivity index (χ1) is 13.2. The van der Waals surface area contributed by atoms with E-state index in [1.54, 1.807) is 0 Å². The van der Waals surface area contributed by atoms with E-state index in [4.69, 9.17) is 9.47 Å². The summed E-state index contributed by atoms with van der Waals surface area (Å²) in [5.41, 5.74) is 2.95. The number of ether oxygens (including phenoxy) is 2. The van der Waals surface area contributed by atoms with Gasteiger partial charge in [0.2, 0.25) is 0 Å². The standard InChI is InChI=1S/C21H27N3O3/c1-17-7-2-5-10-20(17)27-14-6-11-22-21(25)23-18-8-3-4-9-19(18)24-12-15-26-16-13-24/h2-5,7-10H,6,11-16H2,1H3,(H2,22,23,25). The fourth-order valence-electron chi connectivity index (χ4n) is 3.00. The molecule has 0 aromatic heterocycles. The van der Waals surface area contributed by atoms with Gasteiger partial charge in [0.1, 0.15) is 5.75 Å². The zero-order valence-electron chi connectivity index (χ0n) is 15.7. The predicted octanol–water partition coefficient (Wildman–Crippen LogP) is 3.42. The number of hydrogen-bond acceptors (Lipinski definition) is 4. The largest absolute Gasteiger partial charge is 0.493 e. The molecule has 144 valence electrons. The highest BCUT2D eigenvalue weighted by atomic mass is 16.5. The number of hydrogen-bond donors (Lipinski definition) is 2. The highest BCUT2D eigenvalue weighted by Crippen LogP contribution is 2.26. The SMILES string of the molecule is Cc1ccccc1OCCCNC(=O)Nc1ccccc1N1CCOCC1. The topological polar surface area (TPSA) is 62.8 Å². The van der Waals surface area contributed by atoms with Crippen molar-refractivity contribution in [1.82, 2.24) is 5.32 Å². The highest BCUT2D eigenvalue weighted by molar-refractivity contribution is 5.93. The minimum Gasteiger partial charge on any atom is -0.493 e. The van der Waals surface area contributed by atoms with E-state index in [0.717, 1.165) is 42.2 Å². The van der Waals surface area contributed by atoms with Crippen LogP contribution in [0.2, 0.25) is 0 Å². The molecule has 2 N–H and O–H groups in total.